The van der Waals surface area contributed by atoms with Crippen molar-refractivity contribution in [2.24, 2.45) is 7.05 Å². The topological polar surface area (TPSA) is 244 Å². The summed E-state index contributed by atoms with van der Waals surface area (Å²) in [6.45, 7) is 0.848. The molecule has 0 saturated heterocycles. The fraction of sp³-hybridized carbons (Fsp3) is 0.136. The number of nitrogens with zero attached hydrogens (tertiary/aromatic N) is 6. The third-order valence-electron chi connectivity index (χ3n) is 10.6. The first-order valence-electron chi connectivity index (χ1n) is 19.9. The molecule has 3 amide bonds. The Balaban J connectivity index is 0.699. The second-order valence-corrected chi connectivity index (χ2v) is 15.4. The standard InChI is InChI=1S/C44H35N11O8S/c1-54-22-29-37(52-54)50-41(55-39(29)49-38(53-55)33-4-2-17-61-33)51-42(60)47-24-7-5-23(6-8-24)18-36(58)45-15-3-16-46-43(64)48-25-9-12-30-28(19-25)40(59)63-44(30)31-13-10-26(56)20-34(31)62-35-21-27(57)11-14-32(35)44/h2,4-14,17,19-22,56-57H,3,15-16,18H2,1H3,(H,45,58)(H2,46,48,64)(H2,47,50,51,52,60). The molecule has 10 rings (SSSR count). The number of hydrogen-bond donors (Lipinski definition) is 7. The highest BCUT2D eigenvalue weighted by atomic mass is 32.1. The van der Waals surface area contributed by atoms with Crippen LogP contribution in [0.2, 0.25) is 0 Å². The lowest BCUT2D eigenvalue weighted by atomic mass is 9.77. The second-order valence-electron chi connectivity index (χ2n) is 15.0. The van der Waals surface area contributed by atoms with E-state index in [0.29, 0.717) is 98.0 Å². The van der Waals surface area contributed by atoms with Gasteiger partial charge in [0.25, 0.3) is 0 Å². The van der Waals surface area contributed by atoms with Crippen molar-refractivity contribution in [3.63, 3.8) is 0 Å². The molecule has 1 spiro atoms. The number of esters is 1. The highest BCUT2D eigenvalue weighted by molar-refractivity contribution is 7.80. The number of aromatic hydroxyl groups is 2. The number of fused-ring (bicyclic) bond motifs is 9. The smallest absolute Gasteiger partial charge is 0.340 e. The lowest BCUT2D eigenvalue weighted by Crippen LogP contribution is -2.33. The monoisotopic (exact) mass is 877 g/mol. The number of urea groups is 1. The number of anilines is 3. The van der Waals surface area contributed by atoms with Gasteiger partial charge in [0, 0.05) is 66.5 Å². The zero-order valence-corrected chi connectivity index (χ0v) is 34.4. The molecule has 2 aliphatic rings. The number of rotatable bonds is 10. The maximum Gasteiger partial charge on any atom is 0.340 e. The number of phenolic OH excluding ortho intramolecular Hbond substituents is 2. The van der Waals surface area contributed by atoms with E-state index < -0.39 is 17.6 Å². The summed E-state index contributed by atoms with van der Waals surface area (Å²) in [4.78, 5) is 48.3. The molecule has 0 aliphatic carbocycles. The first kappa shape index (κ1) is 39.6. The highest BCUT2D eigenvalue weighted by Gasteiger charge is 2.53. The molecule has 320 valence electrons. The molecule has 0 bridgehead atoms. The number of ether oxygens (including phenoxy) is 2. The summed E-state index contributed by atoms with van der Waals surface area (Å²) in [6.07, 6.45) is 3.99. The van der Waals surface area contributed by atoms with Crippen LogP contribution in [0.5, 0.6) is 23.0 Å². The van der Waals surface area contributed by atoms with Gasteiger partial charge < -0.3 is 45.4 Å². The molecular weight excluding hydrogens is 843 g/mol. The fourth-order valence-corrected chi connectivity index (χ4v) is 8.00. The number of furan rings is 1. The van der Waals surface area contributed by atoms with E-state index in [9.17, 15) is 24.6 Å². The lowest BCUT2D eigenvalue weighted by molar-refractivity contribution is -0.120. The molecule has 19 nitrogen and oxygen atoms in total. The number of aromatic nitrogens is 6. The molecule has 0 unspecified atom stereocenters. The predicted octanol–water partition coefficient (Wildman–Crippen LogP) is 5.93. The Hall–Kier alpha value is -8.52. The summed E-state index contributed by atoms with van der Waals surface area (Å²) in [5.74, 6) is 0.673. The van der Waals surface area contributed by atoms with Crippen molar-refractivity contribution in [2.75, 3.05) is 29.0 Å². The second kappa shape index (κ2) is 15.7. The molecule has 4 aromatic carbocycles. The molecule has 6 heterocycles. The van der Waals surface area contributed by atoms with E-state index >= 15 is 0 Å². The van der Waals surface area contributed by atoms with E-state index in [4.69, 9.17) is 26.1 Å². The number of aryl methyl sites for hydroxylation is 1. The van der Waals surface area contributed by atoms with Gasteiger partial charge in [-0.15, -0.1) is 5.10 Å². The number of amides is 3. The number of hydrogen-bond acceptors (Lipinski definition) is 13. The van der Waals surface area contributed by atoms with Crippen LogP contribution in [0.3, 0.4) is 0 Å². The van der Waals surface area contributed by atoms with E-state index in [2.05, 4.69) is 46.7 Å². The van der Waals surface area contributed by atoms with Crippen LogP contribution in [-0.2, 0) is 28.6 Å². The van der Waals surface area contributed by atoms with Gasteiger partial charge in [-0.3, -0.25) is 14.8 Å². The van der Waals surface area contributed by atoms with Crippen molar-refractivity contribution in [3.8, 4) is 34.6 Å². The van der Waals surface area contributed by atoms with Crippen LogP contribution in [0.15, 0.2) is 108 Å². The van der Waals surface area contributed by atoms with Crippen LogP contribution in [0.25, 0.3) is 28.3 Å². The molecule has 20 heteroatoms. The Morgan fingerprint density at radius 1 is 0.812 bits per heavy atom. The minimum absolute atomic E-state index is 0.0291. The van der Waals surface area contributed by atoms with E-state index in [1.807, 2.05) is 0 Å². The predicted molar refractivity (Wildman–Crippen MR) is 235 cm³/mol. The van der Waals surface area contributed by atoms with Crippen LogP contribution in [0.1, 0.15) is 39.0 Å². The molecule has 0 fully saturated rings. The SMILES string of the molecule is Cn1cc2c(nc(NC(=O)Nc3ccc(CC(=O)NCCCNC(=S)Nc4ccc5c(c4)C(=O)OC54c5ccc(O)cc5Oc5cc(O)ccc54)cc3)n3nc(-c4ccco4)nc23)n1. The fourth-order valence-electron chi connectivity index (χ4n) is 7.78. The van der Waals surface area contributed by atoms with Gasteiger partial charge in [-0.1, -0.05) is 18.2 Å². The van der Waals surface area contributed by atoms with E-state index in [1.165, 1.54) is 35.0 Å². The number of carbonyl (C=O) groups excluding carboxylic acids is 3. The Bertz CT molecular complexity index is 3130. The summed E-state index contributed by atoms with van der Waals surface area (Å²) in [5.41, 5.74) is 3.18. The number of phenols is 2. The minimum Gasteiger partial charge on any atom is -0.508 e. The Kier molecular flexibility index (Phi) is 9.74. The lowest BCUT2D eigenvalue weighted by Gasteiger charge is -2.36. The molecule has 4 aromatic heterocycles. The molecule has 64 heavy (non-hydrogen) atoms. The third kappa shape index (κ3) is 7.26. The average molecular weight is 878 g/mol. The van der Waals surface area contributed by atoms with Gasteiger partial charge in [0.15, 0.2) is 27.8 Å². The summed E-state index contributed by atoms with van der Waals surface area (Å²) >= 11 is 5.51. The quantitative estimate of drug-likeness (QED) is 0.0478. The number of thiocarbonyl (C=S) groups is 1. The number of carbonyl (C=O) groups is 3. The van der Waals surface area contributed by atoms with Crippen molar-refractivity contribution < 1.29 is 38.5 Å². The third-order valence-corrected chi connectivity index (χ3v) is 10.9. The Morgan fingerprint density at radius 3 is 2.27 bits per heavy atom. The number of benzene rings is 4. The maximum atomic E-state index is 13.4. The van der Waals surface area contributed by atoms with Crippen molar-refractivity contribution in [3.05, 3.63) is 131 Å². The summed E-state index contributed by atoms with van der Waals surface area (Å²) in [6, 6.07) is 24.2. The van der Waals surface area contributed by atoms with Gasteiger partial charge in [0.1, 0.15) is 23.0 Å². The van der Waals surface area contributed by atoms with Gasteiger partial charge >= 0.3 is 12.0 Å². The zero-order chi connectivity index (χ0) is 44.1. The molecule has 0 radical (unpaired) electrons. The number of nitrogens with one attached hydrogen (secondary N) is 5. The van der Waals surface area contributed by atoms with E-state index in [-0.39, 0.29) is 29.8 Å². The zero-order valence-electron chi connectivity index (χ0n) is 33.6. The van der Waals surface area contributed by atoms with E-state index in [0.717, 1.165) is 5.56 Å². The maximum absolute atomic E-state index is 13.4. The van der Waals surface area contributed by atoms with Crippen molar-refractivity contribution in [1.29, 1.82) is 0 Å². The molecule has 8 aromatic rings. The van der Waals surface area contributed by atoms with Crippen molar-refractivity contribution in [2.45, 2.75) is 18.4 Å². The Morgan fingerprint density at radius 2 is 1.53 bits per heavy atom. The minimum atomic E-state index is -1.37. The molecule has 0 atom stereocenters. The van der Waals surface area contributed by atoms with Gasteiger partial charge in [-0.25, -0.2) is 14.6 Å². The van der Waals surface area contributed by atoms with Crippen molar-refractivity contribution in [1.82, 2.24) is 40.0 Å². The summed E-state index contributed by atoms with van der Waals surface area (Å²) < 4.78 is 20.6. The first-order valence-corrected chi connectivity index (χ1v) is 20.3. The van der Waals surface area contributed by atoms with Crippen molar-refractivity contribution >= 4 is 69.2 Å². The van der Waals surface area contributed by atoms with Crippen LogP contribution in [0.4, 0.5) is 22.1 Å². The molecular formula is C44H35N11O8S. The average Bonchev–Trinajstić information content (AvgIpc) is 4.08. The van der Waals surface area contributed by atoms with Crippen LogP contribution in [-0.4, -0.2) is 75.7 Å². The van der Waals surface area contributed by atoms with Gasteiger partial charge in [0.05, 0.1) is 23.6 Å². The van der Waals surface area contributed by atoms with Gasteiger partial charge in [-0.05, 0) is 84.9 Å². The summed E-state index contributed by atoms with van der Waals surface area (Å²) in [5, 5.41) is 44.8. The van der Waals surface area contributed by atoms with Gasteiger partial charge in [-0.2, -0.15) is 14.6 Å². The molecule has 2 aliphatic heterocycles. The normalized spacial score (nSPS) is 13.1. The van der Waals surface area contributed by atoms with Gasteiger partial charge in [0.2, 0.25) is 17.7 Å². The molecule has 7 N–H and O–H groups in total. The highest BCUT2D eigenvalue weighted by Crippen LogP contribution is 2.57. The van der Waals surface area contributed by atoms with Crippen LogP contribution in [0, 0.1) is 0 Å². The van der Waals surface area contributed by atoms with Crippen LogP contribution < -0.4 is 31.3 Å². The molecule has 0 saturated carbocycles. The summed E-state index contributed by atoms with van der Waals surface area (Å²) in [7, 11) is 1.76. The van der Waals surface area contributed by atoms with Crippen LogP contribution >= 0.6 is 12.2 Å². The first-order chi connectivity index (χ1) is 31.0. The van der Waals surface area contributed by atoms with E-state index in [1.54, 1.807) is 84.7 Å². The largest absolute Gasteiger partial charge is 0.508 e. The Labute approximate surface area is 367 Å².